The van der Waals surface area contributed by atoms with Crippen molar-refractivity contribution in [3.63, 3.8) is 0 Å². The standard InChI is InChI=1S/C19H24F4N6O4/c1-9(2)24-18(31)33-14-5-4-11(16(14)20)12-7-15(27-26-12)25-17(30)13-6-10(28-29(13)3)8-32-19(21,22)23/h6-7,9,11,14,16H,4-5,8H2,1-3H3,(H,24,31)(H2,25,26,27,30)/t11-,14-,16-/m0/s1. The van der Waals surface area contributed by atoms with Gasteiger partial charge < -0.3 is 15.4 Å². The van der Waals surface area contributed by atoms with Crippen LogP contribution in [-0.4, -0.2) is 56.7 Å². The molecule has 1 fully saturated rings. The van der Waals surface area contributed by atoms with E-state index in [2.05, 4.69) is 30.7 Å². The Bertz CT molecular complexity index is 989. The number of H-pyrrole nitrogens is 1. The molecule has 0 spiro atoms. The lowest BCUT2D eigenvalue weighted by Crippen LogP contribution is -2.36. The molecule has 3 atom stereocenters. The van der Waals surface area contributed by atoms with Gasteiger partial charge in [0.25, 0.3) is 5.91 Å². The molecule has 33 heavy (non-hydrogen) atoms. The minimum absolute atomic E-state index is 0.0193. The van der Waals surface area contributed by atoms with Crippen LogP contribution in [0.15, 0.2) is 12.1 Å². The number of carbonyl (C=O) groups excluding carboxylic acids is 2. The average Bonchev–Trinajstić information content (AvgIpc) is 3.39. The minimum atomic E-state index is -4.82. The Hall–Kier alpha value is -3.16. The number of hydrogen-bond donors (Lipinski definition) is 3. The minimum Gasteiger partial charge on any atom is -0.443 e. The van der Waals surface area contributed by atoms with Gasteiger partial charge in [0.1, 0.15) is 24.6 Å². The van der Waals surface area contributed by atoms with Crippen LogP contribution in [0.4, 0.5) is 28.2 Å². The van der Waals surface area contributed by atoms with Crippen molar-refractivity contribution in [2.45, 2.75) is 63.9 Å². The number of nitrogens with zero attached hydrogens (tertiary/aromatic N) is 3. The molecular formula is C19H24F4N6O4. The van der Waals surface area contributed by atoms with Crippen molar-refractivity contribution in [1.82, 2.24) is 25.3 Å². The topological polar surface area (TPSA) is 123 Å². The van der Waals surface area contributed by atoms with Gasteiger partial charge in [0.15, 0.2) is 5.82 Å². The third kappa shape index (κ3) is 6.43. The average molecular weight is 476 g/mol. The van der Waals surface area contributed by atoms with Crippen LogP contribution in [0.2, 0.25) is 0 Å². The van der Waals surface area contributed by atoms with Gasteiger partial charge in [0.05, 0.1) is 5.69 Å². The smallest absolute Gasteiger partial charge is 0.443 e. The maximum Gasteiger partial charge on any atom is 0.522 e. The molecule has 3 rings (SSSR count). The molecule has 2 heterocycles. The van der Waals surface area contributed by atoms with Crippen LogP contribution in [0.3, 0.4) is 0 Å². The monoisotopic (exact) mass is 476 g/mol. The molecule has 182 valence electrons. The quantitative estimate of drug-likeness (QED) is 0.528. The Morgan fingerprint density at radius 2 is 2.03 bits per heavy atom. The molecule has 10 nitrogen and oxygen atoms in total. The molecule has 14 heteroatoms. The maximum atomic E-state index is 14.8. The summed E-state index contributed by atoms with van der Waals surface area (Å²) >= 11 is 0. The van der Waals surface area contributed by atoms with Gasteiger partial charge in [-0.2, -0.15) is 10.2 Å². The van der Waals surface area contributed by atoms with Gasteiger partial charge in [0.2, 0.25) is 0 Å². The van der Waals surface area contributed by atoms with Crippen molar-refractivity contribution in [3.8, 4) is 0 Å². The van der Waals surface area contributed by atoms with E-state index in [9.17, 15) is 27.2 Å². The molecule has 1 saturated carbocycles. The first-order valence-electron chi connectivity index (χ1n) is 10.1. The SMILES string of the molecule is CC(C)NC(=O)O[C@H]1CC[C@@H](c2cc(NC(=O)c3cc(COC(F)(F)F)nn3C)n[nH]2)[C@@H]1F. The summed E-state index contributed by atoms with van der Waals surface area (Å²) in [7, 11) is 1.39. The Kier molecular flexibility index (Phi) is 7.25. The molecule has 2 aromatic heterocycles. The van der Waals surface area contributed by atoms with E-state index in [0.717, 1.165) is 10.7 Å². The number of hydrogen-bond acceptors (Lipinski definition) is 6. The number of ether oxygens (including phenoxy) is 2. The number of carbonyl (C=O) groups is 2. The first-order chi connectivity index (χ1) is 15.4. The fourth-order valence-electron chi connectivity index (χ4n) is 3.52. The van der Waals surface area contributed by atoms with Crippen LogP contribution in [0, 0.1) is 0 Å². The lowest BCUT2D eigenvalue weighted by Gasteiger charge is -2.18. The van der Waals surface area contributed by atoms with Crippen LogP contribution in [-0.2, 0) is 23.1 Å². The lowest BCUT2D eigenvalue weighted by atomic mass is 10.0. The van der Waals surface area contributed by atoms with Gasteiger partial charge in [-0.3, -0.25) is 19.3 Å². The van der Waals surface area contributed by atoms with E-state index in [1.54, 1.807) is 13.8 Å². The summed E-state index contributed by atoms with van der Waals surface area (Å²) in [6.45, 7) is 2.68. The number of aromatic amines is 1. The number of alkyl halides is 4. The van der Waals surface area contributed by atoms with E-state index in [0.29, 0.717) is 18.5 Å². The molecular weight excluding hydrogens is 452 g/mol. The van der Waals surface area contributed by atoms with Crippen LogP contribution < -0.4 is 10.6 Å². The molecule has 0 aliphatic heterocycles. The second-order valence-corrected chi connectivity index (χ2v) is 7.91. The van der Waals surface area contributed by atoms with Gasteiger partial charge in [-0.15, -0.1) is 13.2 Å². The molecule has 2 amide bonds. The first-order valence-corrected chi connectivity index (χ1v) is 10.1. The highest BCUT2D eigenvalue weighted by Crippen LogP contribution is 2.38. The van der Waals surface area contributed by atoms with Crippen molar-refractivity contribution in [2.75, 3.05) is 5.32 Å². The predicted molar refractivity (Wildman–Crippen MR) is 106 cm³/mol. The maximum absolute atomic E-state index is 14.8. The van der Waals surface area contributed by atoms with Crippen molar-refractivity contribution in [1.29, 1.82) is 0 Å². The second kappa shape index (κ2) is 9.77. The summed E-state index contributed by atoms with van der Waals surface area (Å²) in [4.78, 5) is 24.2. The highest BCUT2D eigenvalue weighted by molar-refractivity contribution is 6.02. The Balaban J connectivity index is 1.59. The van der Waals surface area contributed by atoms with Crippen molar-refractivity contribution in [3.05, 3.63) is 29.2 Å². The molecule has 1 aliphatic carbocycles. The molecule has 0 bridgehead atoms. The Morgan fingerprint density at radius 3 is 2.70 bits per heavy atom. The van der Waals surface area contributed by atoms with Crippen molar-refractivity contribution in [2.24, 2.45) is 7.05 Å². The van der Waals surface area contributed by atoms with Gasteiger partial charge in [-0.05, 0) is 32.8 Å². The molecule has 0 unspecified atom stereocenters. The lowest BCUT2D eigenvalue weighted by molar-refractivity contribution is -0.330. The summed E-state index contributed by atoms with van der Waals surface area (Å²) in [5, 5.41) is 15.5. The molecule has 2 aromatic rings. The number of anilines is 1. The second-order valence-electron chi connectivity index (χ2n) is 7.91. The van der Waals surface area contributed by atoms with Crippen LogP contribution >= 0.6 is 0 Å². The van der Waals surface area contributed by atoms with Crippen molar-refractivity contribution >= 4 is 17.8 Å². The van der Waals surface area contributed by atoms with Crippen LogP contribution in [0.1, 0.15) is 54.5 Å². The van der Waals surface area contributed by atoms with Crippen molar-refractivity contribution < 1.29 is 36.6 Å². The molecule has 3 N–H and O–H groups in total. The highest BCUT2D eigenvalue weighted by atomic mass is 19.4. The normalized spacial score (nSPS) is 20.8. The third-order valence-electron chi connectivity index (χ3n) is 4.95. The van der Waals surface area contributed by atoms with Gasteiger partial charge >= 0.3 is 12.5 Å². The van der Waals surface area contributed by atoms with E-state index >= 15 is 0 Å². The molecule has 0 radical (unpaired) electrons. The zero-order chi connectivity index (χ0) is 24.3. The fourth-order valence-corrected chi connectivity index (χ4v) is 3.52. The summed E-state index contributed by atoms with van der Waals surface area (Å²) in [6, 6.07) is 2.47. The number of amides is 2. The van der Waals surface area contributed by atoms with E-state index in [4.69, 9.17) is 4.74 Å². The predicted octanol–water partition coefficient (Wildman–Crippen LogP) is 3.15. The Labute approximate surface area is 186 Å². The first kappa shape index (κ1) is 24.5. The number of nitrogens with one attached hydrogen (secondary N) is 3. The highest BCUT2D eigenvalue weighted by Gasteiger charge is 2.41. The van der Waals surface area contributed by atoms with Gasteiger partial charge in [-0.1, -0.05) is 0 Å². The number of rotatable bonds is 7. The molecule has 0 aromatic carbocycles. The summed E-state index contributed by atoms with van der Waals surface area (Å²) in [6.07, 6.45) is -7.13. The zero-order valence-electron chi connectivity index (χ0n) is 18.1. The Morgan fingerprint density at radius 1 is 1.30 bits per heavy atom. The van der Waals surface area contributed by atoms with E-state index in [1.165, 1.54) is 13.1 Å². The van der Waals surface area contributed by atoms with Crippen LogP contribution in [0.25, 0.3) is 0 Å². The fraction of sp³-hybridized carbons (Fsp3) is 0.579. The summed E-state index contributed by atoms with van der Waals surface area (Å²) < 4.78 is 61.4. The number of aromatic nitrogens is 4. The molecule has 0 saturated heterocycles. The van der Waals surface area contributed by atoms with Crippen LogP contribution in [0.5, 0.6) is 0 Å². The van der Waals surface area contributed by atoms with Gasteiger partial charge in [0, 0.05) is 30.8 Å². The van der Waals surface area contributed by atoms with Gasteiger partial charge in [-0.25, -0.2) is 9.18 Å². The van der Waals surface area contributed by atoms with E-state index in [-0.39, 0.29) is 23.2 Å². The summed E-state index contributed by atoms with van der Waals surface area (Å²) in [5.74, 6) is -1.18. The van der Waals surface area contributed by atoms with E-state index < -0.39 is 43.2 Å². The largest absolute Gasteiger partial charge is 0.522 e. The van der Waals surface area contributed by atoms with E-state index in [1.807, 2.05) is 0 Å². The summed E-state index contributed by atoms with van der Waals surface area (Å²) in [5.41, 5.74) is 0.313. The zero-order valence-corrected chi connectivity index (χ0v) is 18.1. The number of alkyl carbamates (subject to hydrolysis) is 1. The number of aryl methyl sites for hydroxylation is 1. The molecule has 1 aliphatic rings. The third-order valence-corrected chi connectivity index (χ3v) is 4.95. The number of halogens is 4.